The van der Waals surface area contributed by atoms with Crippen molar-refractivity contribution in [3.8, 4) is 17.2 Å². The van der Waals surface area contributed by atoms with Gasteiger partial charge in [0.1, 0.15) is 11.4 Å². The third-order valence-electron chi connectivity index (χ3n) is 4.04. The molecule has 1 aliphatic rings. The molecule has 136 valence electrons. The van der Waals surface area contributed by atoms with Gasteiger partial charge in [0.2, 0.25) is 12.1 Å². The molecule has 3 heterocycles. The Labute approximate surface area is 154 Å². The first kappa shape index (κ1) is 16.8. The summed E-state index contributed by atoms with van der Waals surface area (Å²) in [7, 11) is 1.59. The van der Waals surface area contributed by atoms with Crippen molar-refractivity contribution in [1.29, 1.82) is 0 Å². The van der Waals surface area contributed by atoms with Crippen molar-refractivity contribution in [2.75, 3.05) is 12.4 Å². The van der Waals surface area contributed by atoms with Gasteiger partial charge in [0, 0.05) is 18.2 Å². The van der Waals surface area contributed by atoms with E-state index in [2.05, 4.69) is 20.4 Å². The molecule has 1 atom stereocenters. The number of carbonyl (C=O) groups is 1. The predicted molar refractivity (Wildman–Crippen MR) is 97.4 cm³/mol. The average molecular weight is 364 g/mol. The minimum Gasteiger partial charge on any atom is -0.496 e. The lowest BCUT2D eigenvalue weighted by atomic mass is 10.0. The first-order valence-corrected chi connectivity index (χ1v) is 8.28. The molecule has 0 spiro atoms. The Hall–Kier alpha value is -3.68. The van der Waals surface area contributed by atoms with Crippen LogP contribution in [-0.4, -0.2) is 34.8 Å². The van der Waals surface area contributed by atoms with Crippen LogP contribution in [0.5, 0.6) is 5.75 Å². The van der Waals surface area contributed by atoms with Crippen LogP contribution in [0.25, 0.3) is 11.5 Å². The maximum absolute atomic E-state index is 12.5. The van der Waals surface area contributed by atoms with E-state index in [1.807, 2.05) is 24.3 Å². The second-order valence-corrected chi connectivity index (χ2v) is 5.77. The summed E-state index contributed by atoms with van der Waals surface area (Å²) in [5.41, 5.74) is 2.02. The molecule has 0 aliphatic carbocycles. The number of nitrogens with zero attached hydrogens (tertiary/aromatic N) is 3. The lowest BCUT2D eigenvalue weighted by molar-refractivity contribution is -0.125. The largest absolute Gasteiger partial charge is 0.496 e. The van der Waals surface area contributed by atoms with Crippen molar-refractivity contribution in [3.63, 3.8) is 0 Å². The third-order valence-corrected chi connectivity index (χ3v) is 4.04. The number of hydrogen-bond donors (Lipinski definition) is 1. The number of rotatable bonds is 5. The molecule has 0 saturated carbocycles. The van der Waals surface area contributed by atoms with E-state index in [-0.39, 0.29) is 11.9 Å². The summed E-state index contributed by atoms with van der Waals surface area (Å²) in [6.07, 6.45) is 2.66. The lowest BCUT2D eigenvalue weighted by Gasteiger charge is -2.09. The summed E-state index contributed by atoms with van der Waals surface area (Å²) in [6.45, 7) is 0. The van der Waals surface area contributed by atoms with Gasteiger partial charge in [-0.1, -0.05) is 17.3 Å². The van der Waals surface area contributed by atoms with Crippen LogP contribution in [0.1, 0.15) is 12.0 Å². The van der Waals surface area contributed by atoms with E-state index in [1.165, 1.54) is 0 Å². The van der Waals surface area contributed by atoms with Gasteiger partial charge >= 0.3 is 0 Å². The van der Waals surface area contributed by atoms with Gasteiger partial charge in [-0.25, -0.2) is 9.97 Å². The normalized spacial score (nSPS) is 15.7. The summed E-state index contributed by atoms with van der Waals surface area (Å²) in [5, 5.41) is 6.69. The zero-order valence-corrected chi connectivity index (χ0v) is 14.5. The van der Waals surface area contributed by atoms with Gasteiger partial charge in [-0.15, -0.1) is 0 Å². The topological polar surface area (TPSA) is 98.8 Å². The molecule has 1 aliphatic heterocycles. The maximum atomic E-state index is 12.5. The highest BCUT2D eigenvalue weighted by molar-refractivity contribution is 6.07. The minimum atomic E-state index is -0.763. The number of carbonyl (C=O) groups excluding carboxylic acids is 1. The van der Waals surface area contributed by atoms with Crippen molar-refractivity contribution in [1.82, 2.24) is 9.97 Å². The zero-order valence-electron chi connectivity index (χ0n) is 14.5. The number of oxime groups is 1. The first-order valence-electron chi connectivity index (χ1n) is 8.28. The fraction of sp³-hybridized carbons (Fsp3) is 0.158. The molecule has 1 aromatic carbocycles. The Morgan fingerprint density at radius 3 is 2.93 bits per heavy atom. The van der Waals surface area contributed by atoms with Crippen LogP contribution in [0.4, 0.5) is 5.95 Å². The standard InChI is InChI=1S/C19H16N4O4/c1-25-15-6-3-2-5-12(15)14-11-17(27-23-14)18(24)22-19-20-9-8-13(21-19)16-7-4-10-26-16/h2-10,17H,11H2,1H3,(H,20,21,22,24). The molecule has 0 fully saturated rings. The first-order chi connectivity index (χ1) is 13.2. The van der Waals surface area contributed by atoms with E-state index in [0.29, 0.717) is 29.3 Å². The van der Waals surface area contributed by atoms with E-state index in [0.717, 1.165) is 5.56 Å². The smallest absolute Gasteiger partial charge is 0.271 e. The van der Waals surface area contributed by atoms with Gasteiger partial charge in [-0.05, 0) is 30.3 Å². The number of hydrogen-bond acceptors (Lipinski definition) is 7. The number of methoxy groups -OCH3 is 1. The second kappa shape index (κ2) is 7.28. The van der Waals surface area contributed by atoms with Gasteiger partial charge in [-0.2, -0.15) is 0 Å². The molecule has 1 N–H and O–H groups in total. The number of para-hydroxylation sites is 1. The summed E-state index contributed by atoms with van der Waals surface area (Å²) in [6, 6.07) is 12.7. The number of ether oxygens (including phenoxy) is 1. The summed E-state index contributed by atoms with van der Waals surface area (Å²) in [5.74, 6) is 1.06. The Kier molecular flexibility index (Phi) is 4.52. The van der Waals surface area contributed by atoms with E-state index < -0.39 is 6.10 Å². The van der Waals surface area contributed by atoms with Crippen LogP contribution in [-0.2, 0) is 9.63 Å². The summed E-state index contributed by atoms with van der Waals surface area (Å²) < 4.78 is 10.6. The number of amides is 1. The Morgan fingerprint density at radius 1 is 1.22 bits per heavy atom. The molecule has 8 nitrogen and oxygen atoms in total. The molecule has 2 aromatic heterocycles. The molecule has 1 amide bonds. The molecule has 0 bridgehead atoms. The van der Waals surface area contributed by atoms with E-state index in [1.54, 1.807) is 37.8 Å². The molecule has 0 radical (unpaired) electrons. The van der Waals surface area contributed by atoms with Gasteiger partial charge < -0.3 is 14.0 Å². The van der Waals surface area contributed by atoms with E-state index >= 15 is 0 Å². The van der Waals surface area contributed by atoms with Crippen LogP contribution < -0.4 is 10.1 Å². The average Bonchev–Trinajstić information content (AvgIpc) is 3.40. The number of benzene rings is 1. The number of nitrogens with one attached hydrogen (secondary N) is 1. The quantitative estimate of drug-likeness (QED) is 0.747. The van der Waals surface area contributed by atoms with Crippen molar-refractivity contribution < 1.29 is 18.8 Å². The fourth-order valence-corrected chi connectivity index (χ4v) is 2.73. The second-order valence-electron chi connectivity index (χ2n) is 5.77. The highest BCUT2D eigenvalue weighted by Crippen LogP contribution is 2.25. The molecule has 27 heavy (non-hydrogen) atoms. The van der Waals surface area contributed by atoms with Crippen LogP contribution in [0, 0.1) is 0 Å². The van der Waals surface area contributed by atoms with Gasteiger partial charge in [0.15, 0.2) is 5.76 Å². The Bertz CT molecular complexity index is 985. The SMILES string of the molecule is COc1ccccc1C1=NOC(C(=O)Nc2nccc(-c3ccco3)n2)C1. The van der Waals surface area contributed by atoms with Crippen molar-refractivity contribution >= 4 is 17.6 Å². The molecule has 4 rings (SSSR count). The van der Waals surface area contributed by atoms with Gasteiger partial charge in [0.25, 0.3) is 5.91 Å². The van der Waals surface area contributed by atoms with Crippen LogP contribution in [0.15, 0.2) is 64.5 Å². The van der Waals surface area contributed by atoms with Crippen LogP contribution in [0.2, 0.25) is 0 Å². The van der Waals surface area contributed by atoms with Crippen molar-refractivity contribution in [2.45, 2.75) is 12.5 Å². The summed E-state index contributed by atoms with van der Waals surface area (Å²) in [4.78, 5) is 26.2. The monoisotopic (exact) mass is 364 g/mol. The zero-order chi connectivity index (χ0) is 18.6. The third kappa shape index (κ3) is 3.50. The molecular formula is C19H16N4O4. The number of furan rings is 1. The maximum Gasteiger partial charge on any atom is 0.271 e. The lowest BCUT2D eigenvalue weighted by Crippen LogP contribution is -2.28. The highest BCUT2D eigenvalue weighted by Gasteiger charge is 2.30. The van der Waals surface area contributed by atoms with Gasteiger partial charge in [-0.3, -0.25) is 10.1 Å². The fourth-order valence-electron chi connectivity index (χ4n) is 2.73. The van der Waals surface area contributed by atoms with Crippen LogP contribution >= 0.6 is 0 Å². The van der Waals surface area contributed by atoms with Crippen molar-refractivity contribution in [2.24, 2.45) is 5.16 Å². The Balaban J connectivity index is 1.44. The molecule has 0 saturated heterocycles. The van der Waals surface area contributed by atoms with Crippen molar-refractivity contribution in [3.05, 3.63) is 60.5 Å². The highest BCUT2D eigenvalue weighted by atomic mass is 16.6. The van der Waals surface area contributed by atoms with E-state index in [4.69, 9.17) is 14.0 Å². The Morgan fingerprint density at radius 2 is 2.11 bits per heavy atom. The van der Waals surface area contributed by atoms with Crippen LogP contribution in [0.3, 0.4) is 0 Å². The molecule has 1 unspecified atom stereocenters. The summed E-state index contributed by atoms with van der Waals surface area (Å²) >= 11 is 0. The molecule has 8 heteroatoms. The van der Waals surface area contributed by atoms with Gasteiger partial charge in [0.05, 0.1) is 19.1 Å². The predicted octanol–water partition coefficient (Wildman–Crippen LogP) is 2.88. The molecule has 3 aromatic rings. The number of anilines is 1. The number of aromatic nitrogens is 2. The molecular weight excluding hydrogens is 348 g/mol. The minimum absolute atomic E-state index is 0.170. The van der Waals surface area contributed by atoms with E-state index in [9.17, 15) is 4.79 Å².